The number of rotatable bonds is 5. The van der Waals surface area contributed by atoms with Gasteiger partial charge in [-0.2, -0.15) is 0 Å². The van der Waals surface area contributed by atoms with Crippen LogP contribution in [0.4, 0.5) is 4.79 Å². The average molecular weight is 444 g/mol. The fourth-order valence-electron chi connectivity index (χ4n) is 4.17. The molecule has 1 aromatic heterocycles. The van der Waals surface area contributed by atoms with Crippen molar-refractivity contribution in [3.8, 4) is 5.75 Å². The van der Waals surface area contributed by atoms with Gasteiger partial charge in [0.2, 0.25) is 0 Å². The van der Waals surface area contributed by atoms with Crippen LogP contribution in [0.3, 0.4) is 0 Å². The number of urea groups is 1. The predicted octanol–water partition coefficient (Wildman–Crippen LogP) is 3.35. The number of hydroxylamine groups is 1. The number of carbonyl (C=O) groups is 2. The first-order valence-corrected chi connectivity index (χ1v) is 10.7. The number of benzene rings is 2. The summed E-state index contributed by atoms with van der Waals surface area (Å²) in [5.74, 6) is 0.298. The first-order chi connectivity index (χ1) is 15.8. The van der Waals surface area contributed by atoms with Gasteiger partial charge in [-0.1, -0.05) is 30.3 Å². The first kappa shape index (κ1) is 21.0. The number of ether oxygens (including phenoxy) is 1. The molecule has 2 aliphatic heterocycles. The Kier molecular flexibility index (Phi) is 4.83. The number of fused-ring (bicyclic) bond motifs is 1. The Morgan fingerprint density at radius 1 is 1.06 bits per heavy atom. The van der Waals surface area contributed by atoms with E-state index in [2.05, 4.69) is 21.1 Å². The Labute approximate surface area is 190 Å². The molecule has 0 spiro atoms. The maximum absolute atomic E-state index is 12.2. The zero-order chi connectivity index (χ0) is 23.2. The smallest absolute Gasteiger partial charge is 0.322 e. The standard InChI is InChI=1S/C25H24N4O4/c1-15-12-16(19-6-4-5-7-20(19)26-15)14-32-18-10-8-17(9-11-18)24(2)13-21(29-33-24)25(3)22(30)27-23(31)28-25/h4-13,29H,14H2,1-3H3,(H2,27,28,30,31). The maximum atomic E-state index is 12.2. The Bertz CT molecular complexity index is 1300. The number of amides is 3. The second-order valence-corrected chi connectivity index (χ2v) is 8.66. The van der Waals surface area contributed by atoms with Crippen molar-refractivity contribution < 1.29 is 19.2 Å². The highest BCUT2D eigenvalue weighted by Gasteiger charge is 2.49. The van der Waals surface area contributed by atoms with Gasteiger partial charge in [-0.15, -0.1) is 0 Å². The van der Waals surface area contributed by atoms with Crippen molar-refractivity contribution in [3.63, 3.8) is 0 Å². The molecule has 168 valence electrons. The lowest BCUT2D eigenvalue weighted by Crippen LogP contribution is -2.48. The van der Waals surface area contributed by atoms with Crippen molar-refractivity contribution >= 4 is 22.8 Å². The van der Waals surface area contributed by atoms with Gasteiger partial charge in [-0.25, -0.2) is 4.79 Å². The quantitative estimate of drug-likeness (QED) is 0.522. The number of para-hydroxylation sites is 1. The van der Waals surface area contributed by atoms with Gasteiger partial charge in [0.1, 0.15) is 18.0 Å². The van der Waals surface area contributed by atoms with E-state index in [1.54, 1.807) is 13.0 Å². The summed E-state index contributed by atoms with van der Waals surface area (Å²) in [5.41, 5.74) is 5.12. The third-order valence-corrected chi connectivity index (χ3v) is 6.13. The van der Waals surface area contributed by atoms with E-state index >= 15 is 0 Å². The second-order valence-electron chi connectivity index (χ2n) is 8.66. The minimum Gasteiger partial charge on any atom is -0.489 e. The lowest BCUT2D eigenvalue weighted by Gasteiger charge is -2.21. The van der Waals surface area contributed by atoms with E-state index in [9.17, 15) is 9.59 Å². The predicted molar refractivity (Wildman–Crippen MR) is 122 cm³/mol. The van der Waals surface area contributed by atoms with Crippen LogP contribution in [0, 0.1) is 6.92 Å². The Morgan fingerprint density at radius 2 is 1.82 bits per heavy atom. The van der Waals surface area contributed by atoms with Crippen LogP contribution in [0.2, 0.25) is 0 Å². The summed E-state index contributed by atoms with van der Waals surface area (Å²) in [6, 6.07) is 17.1. The third kappa shape index (κ3) is 3.68. The first-order valence-electron chi connectivity index (χ1n) is 10.7. The lowest BCUT2D eigenvalue weighted by atomic mass is 9.90. The van der Waals surface area contributed by atoms with Crippen molar-refractivity contribution in [1.29, 1.82) is 0 Å². The molecule has 0 radical (unpaired) electrons. The monoisotopic (exact) mass is 444 g/mol. The molecule has 2 atom stereocenters. The fraction of sp³-hybridized carbons (Fsp3) is 0.240. The van der Waals surface area contributed by atoms with E-state index in [1.807, 2.05) is 68.4 Å². The molecule has 0 bridgehead atoms. The molecule has 1 saturated heterocycles. The topological polar surface area (TPSA) is 102 Å². The van der Waals surface area contributed by atoms with E-state index < -0.39 is 23.1 Å². The van der Waals surface area contributed by atoms with E-state index in [-0.39, 0.29) is 0 Å². The summed E-state index contributed by atoms with van der Waals surface area (Å²) in [6.45, 7) is 5.91. The van der Waals surface area contributed by atoms with Gasteiger partial charge in [0.15, 0.2) is 5.54 Å². The zero-order valence-corrected chi connectivity index (χ0v) is 18.6. The van der Waals surface area contributed by atoms with Crippen LogP contribution < -0.4 is 20.9 Å². The van der Waals surface area contributed by atoms with Gasteiger partial charge in [-0.05, 0) is 56.7 Å². The molecule has 3 N–H and O–H groups in total. The highest BCUT2D eigenvalue weighted by Crippen LogP contribution is 2.36. The van der Waals surface area contributed by atoms with Crippen molar-refractivity contribution in [2.24, 2.45) is 0 Å². The van der Waals surface area contributed by atoms with E-state index in [0.29, 0.717) is 12.3 Å². The number of hydrogen-bond donors (Lipinski definition) is 3. The van der Waals surface area contributed by atoms with Crippen LogP contribution >= 0.6 is 0 Å². The largest absolute Gasteiger partial charge is 0.489 e. The number of nitrogens with one attached hydrogen (secondary N) is 3. The Hall–Kier alpha value is -3.91. The molecule has 8 nitrogen and oxygen atoms in total. The number of carbonyl (C=O) groups excluding carboxylic acids is 2. The molecule has 3 amide bonds. The third-order valence-electron chi connectivity index (χ3n) is 6.13. The normalized spacial score (nSPS) is 24.3. The minimum atomic E-state index is -1.21. The maximum Gasteiger partial charge on any atom is 0.322 e. The SMILES string of the molecule is Cc1cc(COc2ccc(C3(C)C=C(C4(C)NC(=O)NC4=O)NO3)cc2)c2ccccc2n1. The number of aryl methyl sites for hydroxylation is 1. The molecule has 2 aromatic carbocycles. The number of imide groups is 1. The van der Waals surface area contributed by atoms with Crippen LogP contribution in [-0.4, -0.2) is 22.5 Å². The zero-order valence-electron chi connectivity index (χ0n) is 18.6. The fourth-order valence-corrected chi connectivity index (χ4v) is 4.17. The molecule has 33 heavy (non-hydrogen) atoms. The van der Waals surface area contributed by atoms with Gasteiger partial charge in [0.05, 0.1) is 11.2 Å². The molecule has 2 unspecified atom stereocenters. The molecule has 0 aliphatic carbocycles. The summed E-state index contributed by atoms with van der Waals surface area (Å²) in [5, 5.41) is 5.97. The summed E-state index contributed by atoms with van der Waals surface area (Å²) < 4.78 is 6.05. The number of pyridine rings is 1. The van der Waals surface area contributed by atoms with Gasteiger partial charge in [0.25, 0.3) is 5.91 Å². The summed E-state index contributed by atoms with van der Waals surface area (Å²) in [7, 11) is 0. The summed E-state index contributed by atoms with van der Waals surface area (Å²) >= 11 is 0. The van der Waals surface area contributed by atoms with Crippen LogP contribution in [0.25, 0.3) is 10.9 Å². The van der Waals surface area contributed by atoms with Crippen LogP contribution in [-0.2, 0) is 21.8 Å². The molecule has 3 aromatic rings. The highest BCUT2D eigenvalue weighted by atomic mass is 16.7. The number of hydrogen-bond acceptors (Lipinski definition) is 6. The number of nitrogens with zero attached hydrogens (tertiary/aromatic N) is 1. The van der Waals surface area contributed by atoms with E-state index in [0.717, 1.165) is 33.5 Å². The van der Waals surface area contributed by atoms with Crippen molar-refractivity contribution in [2.75, 3.05) is 0 Å². The Balaban J connectivity index is 1.33. The van der Waals surface area contributed by atoms with Gasteiger partial charge in [0, 0.05) is 16.6 Å². The van der Waals surface area contributed by atoms with Gasteiger partial charge in [-0.3, -0.25) is 25.4 Å². The highest BCUT2D eigenvalue weighted by molar-refractivity contribution is 6.08. The summed E-state index contributed by atoms with van der Waals surface area (Å²) in [4.78, 5) is 34.2. The van der Waals surface area contributed by atoms with Crippen molar-refractivity contribution in [1.82, 2.24) is 21.1 Å². The van der Waals surface area contributed by atoms with Crippen molar-refractivity contribution in [2.45, 2.75) is 38.5 Å². The molecule has 8 heteroatoms. The Morgan fingerprint density at radius 3 is 2.55 bits per heavy atom. The van der Waals surface area contributed by atoms with Gasteiger partial charge < -0.3 is 10.1 Å². The average Bonchev–Trinajstić information content (AvgIpc) is 3.32. The molecule has 3 heterocycles. The number of aromatic nitrogens is 1. The van der Waals surface area contributed by atoms with E-state index in [1.165, 1.54) is 0 Å². The molecular formula is C25H24N4O4. The molecular weight excluding hydrogens is 420 g/mol. The minimum absolute atomic E-state index is 0.426. The summed E-state index contributed by atoms with van der Waals surface area (Å²) in [6.07, 6.45) is 1.81. The molecule has 2 aliphatic rings. The van der Waals surface area contributed by atoms with Crippen LogP contribution in [0.5, 0.6) is 5.75 Å². The van der Waals surface area contributed by atoms with E-state index in [4.69, 9.17) is 9.57 Å². The van der Waals surface area contributed by atoms with Crippen LogP contribution in [0.1, 0.15) is 30.7 Å². The molecule has 5 rings (SSSR count). The molecule has 0 saturated carbocycles. The van der Waals surface area contributed by atoms with Gasteiger partial charge >= 0.3 is 6.03 Å². The second kappa shape index (κ2) is 7.60. The lowest BCUT2D eigenvalue weighted by molar-refractivity contribution is -0.123. The van der Waals surface area contributed by atoms with Crippen molar-refractivity contribution in [3.05, 3.63) is 83.2 Å². The molecule has 1 fully saturated rings. The van der Waals surface area contributed by atoms with Crippen LogP contribution in [0.15, 0.2) is 66.4 Å².